The Labute approximate surface area is 217 Å². The minimum atomic E-state index is -3.68. The molecule has 0 radical (unpaired) electrons. The first-order valence-corrected chi connectivity index (χ1v) is 13.7. The van der Waals surface area contributed by atoms with Crippen LogP contribution in [0.25, 0.3) is 0 Å². The number of halogens is 2. The number of carbonyl (C=O) groups is 2. The molecule has 0 aromatic heterocycles. The monoisotopic (exact) mass is 543 g/mol. The van der Waals surface area contributed by atoms with Gasteiger partial charge in [0.1, 0.15) is 11.8 Å². The van der Waals surface area contributed by atoms with Crippen molar-refractivity contribution < 1.29 is 22.7 Å². The van der Waals surface area contributed by atoms with Gasteiger partial charge < -0.3 is 15.0 Å². The van der Waals surface area contributed by atoms with Gasteiger partial charge in [-0.1, -0.05) is 35.3 Å². The lowest BCUT2D eigenvalue weighted by Crippen LogP contribution is -2.47. The smallest absolute Gasteiger partial charge is 0.242 e. The third-order valence-electron chi connectivity index (χ3n) is 5.33. The van der Waals surface area contributed by atoms with Crippen LogP contribution in [0.15, 0.2) is 42.5 Å². The lowest BCUT2D eigenvalue weighted by Gasteiger charge is -2.29. The van der Waals surface area contributed by atoms with Gasteiger partial charge in [0.15, 0.2) is 0 Å². The van der Waals surface area contributed by atoms with Crippen molar-refractivity contribution in [2.75, 3.05) is 30.8 Å². The number of anilines is 1. The minimum absolute atomic E-state index is 0.0210. The van der Waals surface area contributed by atoms with E-state index in [0.717, 1.165) is 16.1 Å². The van der Waals surface area contributed by atoms with Gasteiger partial charge in [0.25, 0.3) is 0 Å². The molecule has 0 unspecified atom stereocenters. The van der Waals surface area contributed by atoms with Crippen molar-refractivity contribution in [1.29, 1.82) is 0 Å². The van der Waals surface area contributed by atoms with Crippen molar-refractivity contribution in [2.45, 2.75) is 39.3 Å². The minimum Gasteiger partial charge on any atom is -0.497 e. The van der Waals surface area contributed by atoms with Crippen molar-refractivity contribution in [1.82, 2.24) is 10.2 Å². The Morgan fingerprint density at radius 3 is 2.49 bits per heavy atom. The van der Waals surface area contributed by atoms with Crippen LogP contribution in [-0.2, 0) is 26.2 Å². The van der Waals surface area contributed by atoms with Gasteiger partial charge >= 0.3 is 0 Å². The topological polar surface area (TPSA) is 96.0 Å². The van der Waals surface area contributed by atoms with Crippen LogP contribution in [0.5, 0.6) is 5.75 Å². The van der Waals surface area contributed by atoms with Crippen molar-refractivity contribution in [2.24, 2.45) is 0 Å². The molecule has 0 saturated heterocycles. The van der Waals surface area contributed by atoms with Gasteiger partial charge in [0.2, 0.25) is 21.8 Å². The summed E-state index contributed by atoms with van der Waals surface area (Å²) in [7, 11) is -2.13. The molecule has 192 valence electrons. The fraction of sp³-hybridized carbons (Fsp3) is 0.417. The van der Waals surface area contributed by atoms with E-state index in [1.807, 2.05) is 12.1 Å². The van der Waals surface area contributed by atoms with Gasteiger partial charge in [-0.25, -0.2) is 8.42 Å². The van der Waals surface area contributed by atoms with E-state index in [0.29, 0.717) is 17.3 Å². The second-order valence-electron chi connectivity index (χ2n) is 7.98. The molecule has 11 heteroatoms. The number of sulfonamides is 1. The molecule has 0 fully saturated rings. The van der Waals surface area contributed by atoms with Crippen molar-refractivity contribution in [3.8, 4) is 5.75 Å². The van der Waals surface area contributed by atoms with Crippen molar-refractivity contribution >= 4 is 50.7 Å². The van der Waals surface area contributed by atoms with E-state index in [9.17, 15) is 18.0 Å². The molecule has 0 bridgehead atoms. The maximum Gasteiger partial charge on any atom is 0.242 e. The number of benzene rings is 2. The molecule has 2 aromatic carbocycles. The molecular formula is C24H31Cl2N3O5S. The van der Waals surface area contributed by atoms with Crippen molar-refractivity contribution in [3.05, 3.63) is 58.1 Å². The molecule has 0 aliphatic rings. The van der Waals surface area contributed by atoms with Crippen LogP contribution >= 0.6 is 23.2 Å². The van der Waals surface area contributed by atoms with Crippen LogP contribution in [0.3, 0.4) is 0 Å². The highest BCUT2D eigenvalue weighted by Crippen LogP contribution is 2.31. The van der Waals surface area contributed by atoms with Gasteiger partial charge in [-0.2, -0.15) is 0 Å². The van der Waals surface area contributed by atoms with E-state index in [1.54, 1.807) is 39.2 Å². The van der Waals surface area contributed by atoms with E-state index in [2.05, 4.69) is 5.32 Å². The second kappa shape index (κ2) is 13.0. The Morgan fingerprint density at radius 2 is 1.86 bits per heavy atom. The quantitative estimate of drug-likeness (QED) is 0.434. The van der Waals surface area contributed by atoms with Gasteiger partial charge in [-0.05, 0) is 56.2 Å². The zero-order chi connectivity index (χ0) is 26.2. The first-order chi connectivity index (χ1) is 16.5. The lowest BCUT2D eigenvalue weighted by molar-refractivity contribution is -0.140. The van der Waals surface area contributed by atoms with Crippen LogP contribution in [0.2, 0.25) is 10.0 Å². The number of nitrogens with one attached hydrogen (secondary N) is 1. The molecule has 0 spiro atoms. The molecule has 0 aliphatic carbocycles. The normalized spacial score (nSPS) is 12.1. The standard InChI is InChI=1S/C24H31Cl2N3O5S/c1-5-27-24(31)17(2)28(16-18-8-6-9-20(14-18)34-3)23(30)10-7-13-29(35(4,32)33)22-15-19(25)11-12-21(22)26/h6,8-9,11-12,14-15,17H,5,7,10,13,16H2,1-4H3,(H,27,31)/t17-/m0/s1. The summed E-state index contributed by atoms with van der Waals surface area (Å²) in [5.74, 6) is 0.0900. The summed E-state index contributed by atoms with van der Waals surface area (Å²) in [6, 6.07) is 11.1. The fourth-order valence-corrected chi connectivity index (χ4v) is 4.94. The van der Waals surface area contributed by atoms with E-state index in [1.165, 1.54) is 17.0 Å². The number of amides is 2. The third-order valence-corrected chi connectivity index (χ3v) is 7.07. The van der Waals surface area contributed by atoms with E-state index < -0.39 is 16.1 Å². The Kier molecular flexibility index (Phi) is 10.7. The molecule has 0 aliphatic heterocycles. The number of hydrogen-bond donors (Lipinski definition) is 1. The number of nitrogens with zero attached hydrogens (tertiary/aromatic N) is 2. The summed E-state index contributed by atoms with van der Waals surface area (Å²) in [6.45, 7) is 4.13. The molecule has 1 atom stereocenters. The zero-order valence-corrected chi connectivity index (χ0v) is 22.6. The summed E-state index contributed by atoms with van der Waals surface area (Å²) < 4.78 is 31.3. The molecule has 0 heterocycles. The Balaban J connectivity index is 2.21. The number of methoxy groups -OCH3 is 1. The van der Waals surface area contributed by atoms with Gasteiger partial charge in [0, 0.05) is 31.1 Å². The number of likely N-dealkylation sites (N-methyl/N-ethyl adjacent to an activating group) is 1. The SMILES string of the molecule is CCNC(=O)[C@H](C)N(Cc1cccc(OC)c1)C(=O)CCCN(c1cc(Cl)ccc1Cl)S(C)(=O)=O. The van der Waals surface area contributed by atoms with Crippen LogP contribution in [0, 0.1) is 0 Å². The van der Waals surface area contributed by atoms with Gasteiger partial charge in [-0.15, -0.1) is 0 Å². The predicted molar refractivity (Wildman–Crippen MR) is 140 cm³/mol. The van der Waals surface area contributed by atoms with E-state index >= 15 is 0 Å². The third kappa shape index (κ3) is 8.30. The second-order valence-corrected chi connectivity index (χ2v) is 10.7. The Morgan fingerprint density at radius 1 is 1.14 bits per heavy atom. The lowest BCUT2D eigenvalue weighted by atomic mass is 10.1. The molecule has 2 rings (SSSR count). The fourth-order valence-electron chi connectivity index (χ4n) is 3.53. The van der Waals surface area contributed by atoms with Crippen LogP contribution < -0.4 is 14.4 Å². The van der Waals surface area contributed by atoms with Crippen molar-refractivity contribution in [3.63, 3.8) is 0 Å². The summed E-state index contributed by atoms with van der Waals surface area (Å²) in [4.78, 5) is 27.2. The molecule has 0 saturated carbocycles. The van der Waals surface area contributed by atoms with E-state index in [4.69, 9.17) is 27.9 Å². The molecular weight excluding hydrogens is 513 g/mol. The molecule has 2 amide bonds. The maximum absolute atomic E-state index is 13.2. The average Bonchev–Trinajstić information content (AvgIpc) is 2.81. The summed E-state index contributed by atoms with van der Waals surface area (Å²) in [6.07, 6.45) is 1.31. The number of ether oxygens (including phenoxy) is 1. The Bertz CT molecular complexity index is 1140. The molecule has 2 aromatic rings. The van der Waals surface area contributed by atoms with Gasteiger partial charge in [0.05, 0.1) is 24.1 Å². The number of hydrogen-bond acceptors (Lipinski definition) is 5. The molecule has 8 nitrogen and oxygen atoms in total. The number of carbonyl (C=O) groups excluding carboxylic acids is 2. The summed E-state index contributed by atoms with van der Waals surface area (Å²) in [5.41, 5.74) is 1.05. The zero-order valence-electron chi connectivity index (χ0n) is 20.3. The summed E-state index contributed by atoms with van der Waals surface area (Å²) in [5, 5.41) is 3.32. The summed E-state index contributed by atoms with van der Waals surface area (Å²) >= 11 is 12.3. The first kappa shape index (κ1) is 28.7. The maximum atomic E-state index is 13.2. The molecule has 35 heavy (non-hydrogen) atoms. The molecule has 1 N–H and O–H groups in total. The first-order valence-electron chi connectivity index (χ1n) is 11.1. The van der Waals surface area contributed by atoms with Crippen LogP contribution in [-0.4, -0.2) is 57.6 Å². The van der Waals surface area contributed by atoms with Crippen LogP contribution in [0.4, 0.5) is 5.69 Å². The predicted octanol–water partition coefficient (Wildman–Crippen LogP) is 4.10. The Hall–Kier alpha value is -2.49. The highest BCUT2D eigenvalue weighted by atomic mass is 35.5. The number of rotatable bonds is 12. The van der Waals surface area contributed by atoms with Gasteiger partial charge in [-0.3, -0.25) is 13.9 Å². The highest BCUT2D eigenvalue weighted by Gasteiger charge is 2.27. The van der Waals surface area contributed by atoms with Crippen LogP contribution in [0.1, 0.15) is 32.3 Å². The largest absolute Gasteiger partial charge is 0.497 e. The van der Waals surface area contributed by atoms with E-state index in [-0.39, 0.29) is 48.5 Å². The average molecular weight is 545 g/mol. The highest BCUT2D eigenvalue weighted by molar-refractivity contribution is 7.92.